The van der Waals surface area contributed by atoms with Gasteiger partial charge in [0.1, 0.15) is 0 Å². The predicted molar refractivity (Wildman–Crippen MR) is 40.2 cm³/mol. The zero-order valence-corrected chi connectivity index (χ0v) is 6.35. The first kappa shape index (κ1) is 6.66. The molecule has 9 heavy (non-hydrogen) atoms. The summed E-state index contributed by atoms with van der Waals surface area (Å²) in [6.07, 6.45) is 4.83. The van der Waals surface area contributed by atoms with Crippen LogP contribution in [0.4, 0.5) is 0 Å². The average Bonchev–Trinajstić information content (AvgIpc) is 2.17. The van der Waals surface area contributed by atoms with Crippen LogP contribution in [0.1, 0.15) is 26.7 Å². The predicted octanol–water partition coefficient (Wildman–Crippen LogP) is 2.01. The molecule has 0 N–H and O–H groups in total. The Bertz CT molecular complexity index is 116. The summed E-state index contributed by atoms with van der Waals surface area (Å²) in [6.45, 7) is 6.91. The van der Waals surface area contributed by atoms with Crippen LogP contribution < -0.4 is 0 Å². The third-order valence-corrected chi connectivity index (χ3v) is 1.71. The normalized spacial score (nSPS) is 18.4. The fourth-order valence-corrected chi connectivity index (χ4v) is 1.22. The van der Waals surface area contributed by atoms with Crippen LogP contribution in [0, 0.1) is 0 Å². The van der Waals surface area contributed by atoms with Gasteiger partial charge in [-0.25, -0.2) is 0 Å². The van der Waals surface area contributed by atoms with Crippen molar-refractivity contribution in [2.24, 2.45) is 0 Å². The molecule has 1 heteroatoms. The van der Waals surface area contributed by atoms with Gasteiger partial charge in [-0.1, -0.05) is 12.5 Å². The second kappa shape index (κ2) is 2.90. The summed E-state index contributed by atoms with van der Waals surface area (Å²) < 4.78 is 0. The molecule has 0 aromatic rings. The van der Waals surface area contributed by atoms with Gasteiger partial charge in [0, 0.05) is 13.1 Å². The van der Waals surface area contributed by atoms with Crippen molar-refractivity contribution >= 4 is 0 Å². The van der Waals surface area contributed by atoms with E-state index in [-0.39, 0.29) is 0 Å². The zero-order valence-electron chi connectivity index (χ0n) is 6.35. The largest absolute Gasteiger partial charge is 0.377 e. The van der Waals surface area contributed by atoms with Crippen LogP contribution in [0.3, 0.4) is 0 Å². The van der Waals surface area contributed by atoms with Crippen molar-refractivity contribution in [1.82, 2.24) is 4.90 Å². The molecule has 1 rings (SSSR count). The monoisotopic (exact) mass is 125 g/mol. The van der Waals surface area contributed by atoms with Crippen LogP contribution in [0.25, 0.3) is 0 Å². The van der Waals surface area contributed by atoms with Crippen molar-refractivity contribution in [2.75, 3.05) is 13.1 Å². The first-order valence-corrected chi connectivity index (χ1v) is 3.74. The van der Waals surface area contributed by atoms with Crippen molar-refractivity contribution in [1.29, 1.82) is 0 Å². The molecule has 0 aromatic heterocycles. The number of nitrogens with zero attached hydrogens (tertiary/aromatic N) is 1. The molecule has 0 atom stereocenters. The average molecular weight is 125 g/mol. The minimum Gasteiger partial charge on any atom is -0.377 e. The summed E-state index contributed by atoms with van der Waals surface area (Å²) in [7, 11) is 0. The first-order valence-electron chi connectivity index (χ1n) is 3.74. The van der Waals surface area contributed by atoms with E-state index in [9.17, 15) is 0 Å². The first-order chi connectivity index (χ1) is 4.33. The van der Waals surface area contributed by atoms with E-state index in [1.54, 1.807) is 0 Å². The number of rotatable bonds is 2. The molecule has 0 unspecified atom stereocenters. The molecule has 0 fully saturated rings. The lowest BCUT2D eigenvalue weighted by Gasteiger charge is -2.12. The van der Waals surface area contributed by atoms with Crippen molar-refractivity contribution in [3.05, 3.63) is 11.8 Å². The Morgan fingerprint density at radius 3 is 2.89 bits per heavy atom. The van der Waals surface area contributed by atoms with Crippen molar-refractivity contribution in [2.45, 2.75) is 26.7 Å². The lowest BCUT2D eigenvalue weighted by atomic mass is 10.3. The molecule has 0 spiro atoms. The van der Waals surface area contributed by atoms with Gasteiger partial charge < -0.3 is 4.90 Å². The van der Waals surface area contributed by atoms with Gasteiger partial charge in [0.25, 0.3) is 0 Å². The van der Waals surface area contributed by atoms with Crippen LogP contribution in [0.2, 0.25) is 0 Å². The highest BCUT2D eigenvalue weighted by atomic mass is 15.1. The Kier molecular flexibility index (Phi) is 2.15. The highest BCUT2D eigenvalue weighted by Gasteiger charge is 2.05. The molecule has 1 aliphatic rings. The Labute approximate surface area is 57.4 Å². The van der Waals surface area contributed by atoms with Gasteiger partial charge in [0.15, 0.2) is 0 Å². The van der Waals surface area contributed by atoms with E-state index < -0.39 is 0 Å². The summed E-state index contributed by atoms with van der Waals surface area (Å²) in [5.74, 6) is 0. The van der Waals surface area contributed by atoms with E-state index in [2.05, 4.69) is 24.9 Å². The van der Waals surface area contributed by atoms with E-state index in [0.29, 0.717) is 0 Å². The lowest BCUT2D eigenvalue weighted by molar-refractivity contribution is 0.406. The maximum atomic E-state index is 2.40. The second-order valence-corrected chi connectivity index (χ2v) is 2.76. The quantitative estimate of drug-likeness (QED) is 0.545. The van der Waals surface area contributed by atoms with Gasteiger partial charge in [0.05, 0.1) is 0 Å². The molecule has 1 aliphatic heterocycles. The fraction of sp³-hybridized carbons (Fsp3) is 0.750. The molecular formula is C8H15N. The van der Waals surface area contributed by atoms with Crippen molar-refractivity contribution < 1.29 is 0 Å². The molecule has 0 aromatic carbocycles. The molecule has 1 nitrogen and oxygen atoms in total. The topological polar surface area (TPSA) is 3.24 Å². The van der Waals surface area contributed by atoms with E-state index in [1.165, 1.54) is 31.5 Å². The summed E-state index contributed by atoms with van der Waals surface area (Å²) in [4.78, 5) is 2.40. The van der Waals surface area contributed by atoms with Crippen molar-refractivity contribution in [3.63, 3.8) is 0 Å². The molecule has 0 amide bonds. The van der Waals surface area contributed by atoms with Gasteiger partial charge in [0.2, 0.25) is 0 Å². The van der Waals surface area contributed by atoms with E-state index >= 15 is 0 Å². The third-order valence-electron chi connectivity index (χ3n) is 1.71. The highest BCUT2D eigenvalue weighted by Crippen LogP contribution is 2.12. The van der Waals surface area contributed by atoms with Crippen LogP contribution in [0.15, 0.2) is 11.8 Å². The lowest BCUT2D eigenvalue weighted by Crippen LogP contribution is -2.14. The van der Waals surface area contributed by atoms with Crippen LogP contribution in [-0.4, -0.2) is 18.0 Å². The minimum atomic E-state index is 1.23. The van der Waals surface area contributed by atoms with Crippen molar-refractivity contribution in [3.8, 4) is 0 Å². The maximum absolute atomic E-state index is 2.40. The molecule has 0 aliphatic carbocycles. The van der Waals surface area contributed by atoms with Crippen LogP contribution in [0.5, 0.6) is 0 Å². The van der Waals surface area contributed by atoms with Gasteiger partial charge in [-0.15, -0.1) is 0 Å². The van der Waals surface area contributed by atoms with Gasteiger partial charge in [-0.2, -0.15) is 0 Å². The van der Waals surface area contributed by atoms with Gasteiger partial charge in [-0.3, -0.25) is 0 Å². The molecular weight excluding hydrogens is 110 g/mol. The summed E-state index contributed by atoms with van der Waals surface area (Å²) in [6, 6.07) is 0. The molecule has 1 heterocycles. The smallest absolute Gasteiger partial charge is 0.0210 e. The minimum absolute atomic E-state index is 1.23. The molecule has 0 bridgehead atoms. The zero-order chi connectivity index (χ0) is 6.69. The standard InChI is InChI=1S/C8H15N/c1-3-5-9-6-4-8(2)7-9/h7H,3-6H2,1-2H3. The Balaban J connectivity index is 2.29. The number of hydrogen-bond acceptors (Lipinski definition) is 1. The second-order valence-electron chi connectivity index (χ2n) is 2.76. The fourth-order valence-electron chi connectivity index (χ4n) is 1.22. The van der Waals surface area contributed by atoms with Crippen LogP contribution in [-0.2, 0) is 0 Å². The number of hydrogen-bond donors (Lipinski definition) is 0. The third kappa shape index (κ3) is 1.74. The SMILES string of the molecule is CCCN1C=C(C)CC1. The molecule has 0 saturated heterocycles. The Hall–Kier alpha value is -0.460. The van der Waals surface area contributed by atoms with E-state index in [0.717, 1.165) is 0 Å². The maximum Gasteiger partial charge on any atom is 0.0210 e. The molecule has 0 radical (unpaired) electrons. The van der Waals surface area contributed by atoms with E-state index in [4.69, 9.17) is 0 Å². The summed E-state index contributed by atoms with van der Waals surface area (Å²) in [5, 5.41) is 0. The molecule has 52 valence electrons. The van der Waals surface area contributed by atoms with E-state index in [1.807, 2.05) is 0 Å². The summed E-state index contributed by atoms with van der Waals surface area (Å²) >= 11 is 0. The highest BCUT2D eigenvalue weighted by molar-refractivity contribution is 5.03. The Morgan fingerprint density at radius 1 is 1.67 bits per heavy atom. The van der Waals surface area contributed by atoms with Crippen LogP contribution >= 0.6 is 0 Å². The van der Waals surface area contributed by atoms with Gasteiger partial charge >= 0.3 is 0 Å². The van der Waals surface area contributed by atoms with Gasteiger partial charge in [-0.05, 0) is 26.0 Å². The molecule has 0 saturated carbocycles. The Morgan fingerprint density at radius 2 is 2.44 bits per heavy atom. The summed E-state index contributed by atoms with van der Waals surface area (Å²) in [5.41, 5.74) is 1.53.